The topological polar surface area (TPSA) is 231 Å². The van der Waals surface area contributed by atoms with Crippen LogP contribution in [0.15, 0.2) is 72.9 Å². The Morgan fingerprint density at radius 3 is 1.24 bits per heavy atom. The summed E-state index contributed by atoms with van der Waals surface area (Å²) in [5, 5.41) is 72.4. The Balaban J connectivity index is 1.72. The van der Waals surface area contributed by atoms with Crippen molar-refractivity contribution in [3.05, 3.63) is 72.9 Å². The normalized spacial score (nSPS) is 24.2. The summed E-state index contributed by atoms with van der Waals surface area (Å²) in [4.78, 5) is 26.0. The number of carbonyl (C=O) groups excluding carboxylic acids is 2. The Morgan fingerprint density at radius 2 is 0.787 bits per heavy atom. The molecule has 0 aromatic rings. The number of aliphatic hydroxyl groups is 7. The van der Waals surface area contributed by atoms with Crippen molar-refractivity contribution in [2.24, 2.45) is 0 Å². The quantitative estimate of drug-likeness (QED) is 0.0171. The van der Waals surface area contributed by atoms with E-state index >= 15 is 0 Å². The number of ether oxygens (including phenoxy) is 6. The highest BCUT2D eigenvalue weighted by Crippen LogP contribution is 2.27. The third-order valence-corrected chi connectivity index (χ3v) is 14.7. The average molecular weight is 1130 g/mol. The zero-order valence-electron chi connectivity index (χ0n) is 49.5. The second kappa shape index (κ2) is 50.5. The van der Waals surface area contributed by atoms with E-state index in [9.17, 15) is 45.3 Å². The smallest absolute Gasteiger partial charge is 0.306 e. The number of esters is 2. The van der Waals surface area contributed by atoms with Gasteiger partial charge in [-0.25, -0.2) is 0 Å². The van der Waals surface area contributed by atoms with E-state index in [1.54, 1.807) is 0 Å². The molecule has 15 heteroatoms. The van der Waals surface area contributed by atoms with Crippen LogP contribution in [0.3, 0.4) is 0 Å². The van der Waals surface area contributed by atoms with Gasteiger partial charge in [0.25, 0.3) is 0 Å². The van der Waals surface area contributed by atoms with Crippen LogP contribution in [-0.2, 0) is 38.0 Å². The highest BCUT2D eigenvalue weighted by molar-refractivity contribution is 5.70. The Kier molecular flexibility index (Phi) is 46.1. The average Bonchev–Trinajstić information content (AvgIpc) is 3.52. The second-order valence-corrected chi connectivity index (χ2v) is 21.9. The van der Waals surface area contributed by atoms with Crippen molar-refractivity contribution in [3.8, 4) is 0 Å². The zero-order chi connectivity index (χ0) is 58.1. The van der Waals surface area contributed by atoms with Gasteiger partial charge in [0.15, 0.2) is 18.7 Å². The van der Waals surface area contributed by atoms with Gasteiger partial charge in [-0.15, -0.1) is 0 Å². The molecule has 15 nitrogen and oxygen atoms in total. The summed E-state index contributed by atoms with van der Waals surface area (Å²) in [5.41, 5.74) is 0. The van der Waals surface area contributed by atoms with Crippen LogP contribution in [0.2, 0.25) is 0 Å². The van der Waals surface area contributed by atoms with Crippen LogP contribution in [0.4, 0.5) is 0 Å². The molecule has 2 heterocycles. The highest BCUT2D eigenvalue weighted by Gasteiger charge is 2.47. The fraction of sp³-hybridized carbons (Fsp3) is 0.785. The van der Waals surface area contributed by atoms with Crippen LogP contribution in [0, 0.1) is 0 Å². The molecule has 2 rings (SSSR count). The van der Waals surface area contributed by atoms with Gasteiger partial charge in [0.2, 0.25) is 0 Å². The van der Waals surface area contributed by atoms with Gasteiger partial charge in [-0.2, -0.15) is 0 Å². The van der Waals surface area contributed by atoms with E-state index in [2.05, 4.69) is 86.8 Å². The molecule has 0 bridgehead atoms. The van der Waals surface area contributed by atoms with Gasteiger partial charge in [-0.1, -0.05) is 209 Å². The molecule has 2 saturated heterocycles. The molecule has 11 atom stereocenters. The molecule has 0 radical (unpaired) electrons. The highest BCUT2D eigenvalue weighted by atomic mass is 16.7. The van der Waals surface area contributed by atoms with Gasteiger partial charge in [0, 0.05) is 12.8 Å². The lowest BCUT2D eigenvalue weighted by atomic mass is 9.98. The summed E-state index contributed by atoms with van der Waals surface area (Å²) in [6, 6.07) is 0. The van der Waals surface area contributed by atoms with Crippen molar-refractivity contribution in [1.29, 1.82) is 0 Å². The monoisotopic (exact) mass is 1130 g/mol. The van der Waals surface area contributed by atoms with Gasteiger partial charge < -0.3 is 64.2 Å². The van der Waals surface area contributed by atoms with Crippen molar-refractivity contribution in [1.82, 2.24) is 0 Å². The van der Waals surface area contributed by atoms with E-state index in [-0.39, 0.29) is 26.1 Å². The summed E-state index contributed by atoms with van der Waals surface area (Å²) in [7, 11) is 0. The van der Waals surface area contributed by atoms with E-state index in [4.69, 9.17) is 28.4 Å². The maximum Gasteiger partial charge on any atom is 0.306 e. The van der Waals surface area contributed by atoms with E-state index in [0.29, 0.717) is 12.8 Å². The molecular formula is C65H112O15. The summed E-state index contributed by atoms with van der Waals surface area (Å²) >= 11 is 0. The first-order chi connectivity index (χ1) is 39.0. The lowest BCUT2D eigenvalue weighted by Gasteiger charge is -2.42. The molecule has 0 amide bonds. The molecule has 0 saturated carbocycles. The summed E-state index contributed by atoms with van der Waals surface area (Å²) in [6.45, 7) is 2.49. The Morgan fingerprint density at radius 1 is 0.412 bits per heavy atom. The predicted octanol–water partition coefficient (Wildman–Crippen LogP) is 11.7. The molecule has 462 valence electrons. The maximum absolute atomic E-state index is 13.1. The Hall–Kier alpha value is -3.06. The zero-order valence-corrected chi connectivity index (χ0v) is 49.5. The minimum absolute atomic E-state index is 0.153. The number of allylic oxidation sites excluding steroid dienone is 12. The van der Waals surface area contributed by atoms with Gasteiger partial charge in [-0.05, 0) is 83.5 Å². The number of hydrogen-bond donors (Lipinski definition) is 7. The standard InChI is InChI=1S/C65H112O15/c1-3-5-7-9-11-13-15-17-19-21-23-25-26-28-29-31-33-35-37-39-41-43-45-47-56(67)75-50-53(51-76-64-63(74)61(72)59(70)55(80-64)52-77-65-62(73)60(71)58(69)54(49-66)79-65)78-57(68)48-46-44-42-40-38-36-34-32-30-27-24-22-20-18-16-14-12-10-8-6-4-2/h6,8,12,14-15,17-18,20-21,23-24,27,53-55,58-66,69-74H,3-5,7,9-11,13,16,19,22,25-26,28-52H2,1-2H3/b8-6-,14-12-,17-15-,20-18-,23-21-,27-24-. The number of hydrogen-bond acceptors (Lipinski definition) is 15. The maximum atomic E-state index is 13.1. The van der Waals surface area contributed by atoms with Crippen molar-refractivity contribution >= 4 is 11.9 Å². The van der Waals surface area contributed by atoms with Crippen LogP contribution < -0.4 is 0 Å². The van der Waals surface area contributed by atoms with Gasteiger partial charge >= 0.3 is 11.9 Å². The summed E-state index contributed by atoms with van der Waals surface area (Å²) in [5.74, 6) is -0.934. The molecule has 2 fully saturated rings. The fourth-order valence-corrected chi connectivity index (χ4v) is 9.59. The summed E-state index contributed by atoms with van der Waals surface area (Å²) in [6.07, 6.45) is 46.3. The Labute approximate surface area is 483 Å². The molecule has 2 aliphatic heterocycles. The van der Waals surface area contributed by atoms with Crippen molar-refractivity contribution in [3.63, 3.8) is 0 Å². The van der Waals surface area contributed by atoms with Crippen LogP contribution in [-0.4, -0.2) is 142 Å². The number of carbonyl (C=O) groups is 2. The minimum Gasteiger partial charge on any atom is -0.462 e. The molecule has 0 aromatic heterocycles. The third kappa shape index (κ3) is 36.5. The molecule has 11 unspecified atom stereocenters. The first-order valence-corrected chi connectivity index (χ1v) is 31.5. The Bertz CT molecular complexity index is 1660. The number of rotatable bonds is 50. The lowest BCUT2D eigenvalue weighted by molar-refractivity contribution is -0.332. The number of aliphatic hydroxyl groups excluding tert-OH is 7. The van der Waals surface area contributed by atoms with E-state index in [1.807, 2.05) is 0 Å². The second-order valence-electron chi connectivity index (χ2n) is 21.9. The van der Waals surface area contributed by atoms with Crippen LogP contribution in [0.1, 0.15) is 232 Å². The van der Waals surface area contributed by atoms with E-state index in [0.717, 1.165) is 89.9 Å². The van der Waals surface area contributed by atoms with Crippen LogP contribution in [0.25, 0.3) is 0 Å². The first kappa shape index (κ1) is 73.0. The summed E-state index contributed by atoms with van der Waals surface area (Å²) < 4.78 is 33.8. The minimum atomic E-state index is -1.77. The van der Waals surface area contributed by atoms with Gasteiger partial charge in [-0.3, -0.25) is 9.59 Å². The lowest BCUT2D eigenvalue weighted by Crippen LogP contribution is -2.61. The predicted molar refractivity (Wildman–Crippen MR) is 316 cm³/mol. The molecular weight excluding hydrogens is 1020 g/mol. The SMILES string of the molecule is CC/C=C\C/C=C\C/C=C\C/C=C\CCCCCCCCCCC(=O)OC(COC(=O)CCCCCCCCCCCCC/C=C\C/C=C\CCCCCCC)COC1OC(COC2OC(CO)C(O)C(O)C2O)C(O)C(O)C1O. The largest absolute Gasteiger partial charge is 0.462 e. The van der Waals surface area contributed by atoms with Crippen LogP contribution >= 0.6 is 0 Å². The van der Waals surface area contributed by atoms with Crippen LogP contribution in [0.5, 0.6) is 0 Å². The van der Waals surface area contributed by atoms with Crippen molar-refractivity contribution < 1.29 is 73.8 Å². The fourth-order valence-electron chi connectivity index (χ4n) is 9.59. The first-order valence-electron chi connectivity index (χ1n) is 31.5. The number of unbranched alkanes of at least 4 members (excludes halogenated alkanes) is 24. The molecule has 2 aliphatic rings. The van der Waals surface area contributed by atoms with Crippen molar-refractivity contribution in [2.75, 3.05) is 26.4 Å². The molecule has 0 aromatic carbocycles. The van der Waals surface area contributed by atoms with E-state index in [1.165, 1.54) is 103 Å². The van der Waals surface area contributed by atoms with E-state index < -0.39 is 92.7 Å². The third-order valence-electron chi connectivity index (χ3n) is 14.7. The molecule has 80 heavy (non-hydrogen) atoms. The molecule has 0 spiro atoms. The van der Waals surface area contributed by atoms with Gasteiger partial charge in [0.05, 0.1) is 19.8 Å². The van der Waals surface area contributed by atoms with Gasteiger partial charge in [0.1, 0.15) is 55.4 Å². The molecule has 7 N–H and O–H groups in total. The van der Waals surface area contributed by atoms with Crippen molar-refractivity contribution in [2.45, 2.75) is 300 Å². The molecule has 0 aliphatic carbocycles.